The van der Waals surface area contributed by atoms with Crippen LogP contribution in [-0.4, -0.2) is 38.4 Å². The molecule has 26 heavy (non-hydrogen) atoms. The SMILES string of the molecule is CC(=O)Nc1ncc(CN2CCCC(c3cnc4ccn(C)c4c3)C2)s1. The van der Waals surface area contributed by atoms with Gasteiger partial charge in [-0.25, -0.2) is 4.98 Å². The van der Waals surface area contributed by atoms with Crippen molar-refractivity contribution in [3.05, 3.63) is 41.2 Å². The highest BCUT2D eigenvalue weighted by atomic mass is 32.1. The van der Waals surface area contributed by atoms with Gasteiger partial charge in [-0.3, -0.25) is 14.7 Å². The van der Waals surface area contributed by atoms with E-state index in [9.17, 15) is 4.79 Å². The second-order valence-electron chi connectivity index (χ2n) is 6.99. The number of nitrogens with one attached hydrogen (secondary N) is 1. The molecule has 0 aliphatic carbocycles. The van der Waals surface area contributed by atoms with Crippen LogP contribution < -0.4 is 5.32 Å². The summed E-state index contributed by atoms with van der Waals surface area (Å²) in [6, 6.07) is 4.35. The first kappa shape index (κ1) is 17.2. The molecule has 1 N–H and O–H groups in total. The van der Waals surface area contributed by atoms with Crippen LogP contribution in [0.25, 0.3) is 11.0 Å². The molecule has 0 radical (unpaired) electrons. The standard InChI is InChI=1S/C19H23N5OS/c1-13(25)22-19-21-10-16(26-19)12-24-6-3-4-14(11-24)15-8-18-17(20-9-15)5-7-23(18)2/h5,7-10,14H,3-4,6,11-12H2,1-2H3,(H,21,22,25). The van der Waals surface area contributed by atoms with Gasteiger partial charge in [0.15, 0.2) is 5.13 Å². The van der Waals surface area contributed by atoms with E-state index in [-0.39, 0.29) is 5.91 Å². The number of anilines is 1. The third-order valence-electron chi connectivity index (χ3n) is 4.95. The number of nitrogens with zero attached hydrogens (tertiary/aromatic N) is 4. The number of hydrogen-bond acceptors (Lipinski definition) is 5. The van der Waals surface area contributed by atoms with Crippen LogP contribution in [0.2, 0.25) is 0 Å². The van der Waals surface area contributed by atoms with E-state index in [1.54, 1.807) is 11.3 Å². The van der Waals surface area contributed by atoms with Gasteiger partial charge < -0.3 is 9.88 Å². The minimum absolute atomic E-state index is 0.0764. The quantitative estimate of drug-likeness (QED) is 0.766. The normalized spacial score (nSPS) is 18.3. The molecule has 3 aromatic heterocycles. The van der Waals surface area contributed by atoms with Crippen LogP contribution in [0.3, 0.4) is 0 Å². The van der Waals surface area contributed by atoms with E-state index in [1.807, 2.05) is 12.4 Å². The summed E-state index contributed by atoms with van der Waals surface area (Å²) < 4.78 is 2.13. The van der Waals surface area contributed by atoms with Gasteiger partial charge in [0.2, 0.25) is 5.91 Å². The maximum Gasteiger partial charge on any atom is 0.223 e. The zero-order valence-electron chi connectivity index (χ0n) is 15.1. The number of likely N-dealkylation sites (tertiary alicyclic amines) is 1. The molecule has 1 unspecified atom stereocenters. The molecular formula is C19H23N5OS. The molecule has 1 amide bonds. The highest BCUT2D eigenvalue weighted by Crippen LogP contribution is 2.30. The molecular weight excluding hydrogens is 346 g/mol. The largest absolute Gasteiger partial charge is 0.349 e. The fraction of sp³-hybridized carbons (Fsp3) is 0.421. The van der Waals surface area contributed by atoms with E-state index in [2.05, 4.69) is 50.1 Å². The third kappa shape index (κ3) is 3.64. The van der Waals surface area contributed by atoms with Crippen molar-refractivity contribution in [2.24, 2.45) is 7.05 Å². The molecule has 0 saturated carbocycles. The molecule has 1 fully saturated rings. The summed E-state index contributed by atoms with van der Waals surface area (Å²) in [7, 11) is 2.07. The highest BCUT2D eigenvalue weighted by molar-refractivity contribution is 7.15. The topological polar surface area (TPSA) is 63.1 Å². The average molecular weight is 369 g/mol. The smallest absolute Gasteiger partial charge is 0.223 e. The molecule has 4 rings (SSSR count). The summed E-state index contributed by atoms with van der Waals surface area (Å²) in [6.07, 6.45) is 8.36. The van der Waals surface area contributed by atoms with Crippen LogP contribution >= 0.6 is 11.3 Å². The minimum atomic E-state index is -0.0764. The number of pyridine rings is 1. The molecule has 1 saturated heterocycles. The van der Waals surface area contributed by atoms with Crippen molar-refractivity contribution in [1.82, 2.24) is 19.4 Å². The van der Waals surface area contributed by atoms with E-state index < -0.39 is 0 Å². The number of aryl methyl sites for hydroxylation is 1. The maximum absolute atomic E-state index is 11.1. The van der Waals surface area contributed by atoms with Crippen LogP contribution in [0, 0.1) is 0 Å². The summed E-state index contributed by atoms with van der Waals surface area (Å²) in [6.45, 7) is 4.52. The number of amides is 1. The lowest BCUT2D eigenvalue weighted by atomic mass is 9.91. The molecule has 0 spiro atoms. The predicted octanol–water partition coefficient (Wildman–Crippen LogP) is 3.37. The second kappa shape index (κ2) is 7.17. The number of fused-ring (bicyclic) bond motifs is 1. The van der Waals surface area contributed by atoms with Crippen LogP contribution in [0.1, 0.15) is 36.1 Å². The first-order valence-electron chi connectivity index (χ1n) is 8.94. The summed E-state index contributed by atoms with van der Waals surface area (Å²) in [4.78, 5) is 23.7. The van der Waals surface area contributed by atoms with E-state index in [1.165, 1.54) is 35.7 Å². The van der Waals surface area contributed by atoms with Gasteiger partial charge in [-0.1, -0.05) is 0 Å². The van der Waals surface area contributed by atoms with E-state index >= 15 is 0 Å². The fourth-order valence-electron chi connectivity index (χ4n) is 3.66. The summed E-state index contributed by atoms with van der Waals surface area (Å²) in [5.41, 5.74) is 3.58. The Morgan fingerprint density at radius 3 is 3.12 bits per heavy atom. The Hall–Kier alpha value is -2.25. The third-order valence-corrected chi connectivity index (χ3v) is 5.84. The van der Waals surface area contributed by atoms with Gasteiger partial charge >= 0.3 is 0 Å². The molecule has 3 aromatic rings. The molecule has 0 aromatic carbocycles. The predicted molar refractivity (Wildman–Crippen MR) is 104 cm³/mol. The van der Waals surface area contributed by atoms with Crippen LogP contribution in [-0.2, 0) is 18.4 Å². The molecule has 0 bridgehead atoms. The lowest BCUT2D eigenvalue weighted by Crippen LogP contribution is -2.33. The van der Waals surface area contributed by atoms with Crippen molar-refractivity contribution in [3.63, 3.8) is 0 Å². The Morgan fingerprint density at radius 1 is 1.38 bits per heavy atom. The van der Waals surface area contributed by atoms with E-state index in [0.717, 1.165) is 25.2 Å². The van der Waals surface area contributed by atoms with Gasteiger partial charge in [-0.15, -0.1) is 11.3 Å². The first-order chi connectivity index (χ1) is 12.6. The highest BCUT2D eigenvalue weighted by Gasteiger charge is 2.23. The fourth-order valence-corrected chi connectivity index (χ4v) is 4.56. The Labute approximate surface area is 156 Å². The van der Waals surface area contributed by atoms with Crippen molar-refractivity contribution < 1.29 is 4.79 Å². The molecule has 4 heterocycles. The number of aromatic nitrogens is 3. The van der Waals surface area contributed by atoms with Crippen molar-refractivity contribution in [1.29, 1.82) is 0 Å². The zero-order valence-corrected chi connectivity index (χ0v) is 15.9. The maximum atomic E-state index is 11.1. The first-order valence-corrected chi connectivity index (χ1v) is 9.76. The Kier molecular flexibility index (Phi) is 4.74. The van der Waals surface area contributed by atoms with Crippen molar-refractivity contribution >= 4 is 33.4 Å². The number of carbonyl (C=O) groups excluding carboxylic acids is 1. The molecule has 7 heteroatoms. The molecule has 1 aliphatic rings. The van der Waals surface area contributed by atoms with E-state index in [4.69, 9.17) is 0 Å². The number of thiazole rings is 1. The number of piperidine rings is 1. The minimum Gasteiger partial charge on any atom is -0.349 e. The average Bonchev–Trinajstić information content (AvgIpc) is 3.21. The van der Waals surface area contributed by atoms with Gasteiger partial charge in [0.05, 0.1) is 11.0 Å². The lowest BCUT2D eigenvalue weighted by Gasteiger charge is -2.32. The van der Waals surface area contributed by atoms with Crippen molar-refractivity contribution in [2.75, 3.05) is 18.4 Å². The molecule has 1 aliphatic heterocycles. The summed E-state index contributed by atoms with van der Waals surface area (Å²) in [5, 5.41) is 3.44. The number of hydrogen-bond donors (Lipinski definition) is 1. The second-order valence-corrected chi connectivity index (χ2v) is 8.10. The Balaban J connectivity index is 1.45. The van der Waals surface area contributed by atoms with Gasteiger partial charge in [0.1, 0.15) is 0 Å². The Morgan fingerprint density at radius 2 is 2.27 bits per heavy atom. The monoisotopic (exact) mass is 369 g/mol. The molecule has 6 nitrogen and oxygen atoms in total. The van der Waals surface area contributed by atoms with Gasteiger partial charge in [0, 0.05) is 50.5 Å². The van der Waals surface area contributed by atoms with Gasteiger partial charge in [-0.2, -0.15) is 0 Å². The van der Waals surface area contributed by atoms with Crippen molar-refractivity contribution in [2.45, 2.75) is 32.2 Å². The summed E-state index contributed by atoms with van der Waals surface area (Å²) in [5.74, 6) is 0.436. The number of carbonyl (C=O) groups is 1. The van der Waals surface area contributed by atoms with Gasteiger partial charge in [0.25, 0.3) is 0 Å². The van der Waals surface area contributed by atoms with Crippen LogP contribution in [0.15, 0.2) is 30.7 Å². The number of rotatable bonds is 4. The van der Waals surface area contributed by atoms with Crippen LogP contribution in [0.5, 0.6) is 0 Å². The summed E-state index contributed by atoms with van der Waals surface area (Å²) >= 11 is 1.56. The zero-order chi connectivity index (χ0) is 18.1. The van der Waals surface area contributed by atoms with Gasteiger partial charge in [-0.05, 0) is 43.0 Å². The van der Waals surface area contributed by atoms with Crippen molar-refractivity contribution in [3.8, 4) is 0 Å². The lowest BCUT2D eigenvalue weighted by molar-refractivity contribution is -0.114. The molecule has 1 atom stereocenters. The van der Waals surface area contributed by atoms with Crippen LogP contribution in [0.4, 0.5) is 5.13 Å². The van der Waals surface area contributed by atoms with E-state index in [0.29, 0.717) is 11.0 Å². The Bertz CT molecular complexity index is 931. The molecule has 136 valence electrons.